The molecule has 0 amide bonds. The zero-order valence-corrected chi connectivity index (χ0v) is 7.23. The molecule has 0 heterocycles. The molecule has 0 aromatic rings. The first kappa shape index (κ1) is 10.5. The molecule has 0 bridgehead atoms. The molecule has 1 unspecified atom stereocenters. The van der Waals surface area contributed by atoms with Crippen LogP contribution in [0.3, 0.4) is 0 Å². The lowest BCUT2D eigenvalue weighted by atomic mass is 10.2. The van der Waals surface area contributed by atoms with Crippen LogP contribution in [0, 0.1) is 0 Å². The fourth-order valence-corrected chi connectivity index (χ4v) is 0.737. The van der Waals surface area contributed by atoms with Crippen LogP contribution >= 0.6 is 11.6 Å². The predicted molar refractivity (Wildman–Crippen MR) is 44.2 cm³/mol. The highest BCUT2D eigenvalue weighted by Crippen LogP contribution is 2.06. The van der Waals surface area contributed by atoms with E-state index in [1.807, 2.05) is 0 Å². The quantitative estimate of drug-likeness (QED) is 0.653. The second-order valence-corrected chi connectivity index (χ2v) is 2.61. The van der Waals surface area contributed by atoms with Crippen LogP contribution in [0.4, 0.5) is 0 Å². The van der Waals surface area contributed by atoms with E-state index in [1.54, 1.807) is 6.92 Å². The highest BCUT2D eigenvalue weighted by Gasteiger charge is 2.14. The van der Waals surface area contributed by atoms with Crippen molar-refractivity contribution in [3.63, 3.8) is 0 Å². The smallest absolute Gasteiger partial charge is 0.323 e. The molecule has 0 aliphatic rings. The minimum absolute atomic E-state index is 0.264. The molecule has 0 spiro atoms. The molecule has 3 nitrogen and oxygen atoms in total. The van der Waals surface area contributed by atoms with Crippen molar-refractivity contribution < 1.29 is 9.53 Å². The van der Waals surface area contributed by atoms with E-state index in [1.165, 1.54) is 0 Å². The molecule has 0 aromatic carbocycles. The van der Waals surface area contributed by atoms with Gasteiger partial charge in [0, 0.05) is 11.5 Å². The fourth-order valence-electron chi connectivity index (χ4n) is 0.571. The lowest BCUT2D eigenvalue weighted by molar-refractivity contribution is -0.144. The lowest BCUT2D eigenvalue weighted by Crippen LogP contribution is -2.32. The van der Waals surface area contributed by atoms with Crippen molar-refractivity contribution >= 4 is 17.6 Å². The average Bonchev–Trinajstić information content (AvgIpc) is 1.86. The molecular formula is C7H12ClNO2. The zero-order chi connectivity index (χ0) is 8.85. The zero-order valence-electron chi connectivity index (χ0n) is 6.47. The van der Waals surface area contributed by atoms with E-state index in [0.717, 1.165) is 0 Å². The number of halogens is 1. The van der Waals surface area contributed by atoms with E-state index in [-0.39, 0.29) is 6.42 Å². The number of ether oxygens (including phenoxy) is 1. The van der Waals surface area contributed by atoms with Gasteiger partial charge in [0.15, 0.2) is 0 Å². The van der Waals surface area contributed by atoms with E-state index >= 15 is 0 Å². The van der Waals surface area contributed by atoms with Crippen LogP contribution in [-0.2, 0) is 9.53 Å². The Morgan fingerprint density at radius 3 is 2.73 bits per heavy atom. The van der Waals surface area contributed by atoms with Crippen molar-refractivity contribution in [1.29, 1.82) is 0 Å². The Bertz CT molecular complexity index is 159. The van der Waals surface area contributed by atoms with Crippen LogP contribution in [-0.4, -0.2) is 18.6 Å². The minimum Gasteiger partial charge on any atom is -0.465 e. The molecule has 64 valence electrons. The number of hydrogen-bond acceptors (Lipinski definition) is 3. The number of rotatable bonds is 4. The summed E-state index contributed by atoms with van der Waals surface area (Å²) in [7, 11) is 0. The first-order valence-electron chi connectivity index (χ1n) is 3.33. The molecule has 4 heteroatoms. The summed E-state index contributed by atoms with van der Waals surface area (Å²) >= 11 is 5.43. The number of hydrogen-bond donors (Lipinski definition) is 1. The van der Waals surface area contributed by atoms with Gasteiger partial charge in [0.05, 0.1) is 6.61 Å². The van der Waals surface area contributed by atoms with E-state index in [2.05, 4.69) is 11.3 Å². The summed E-state index contributed by atoms with van der Waals surface area (Å²) < 4.78 is 4.64. The largest absolute Gasteiger partial charge is 0.465 e. The van der Waals surface area contributed by atoms with Gasteiger partial charge in [0.25, 0.3) is 0 Å². The van der Waals surface area contributed by atoms with Crippen molar-refractivity contribution in [1.82, 2.24) is 0 Å². The minimum atomic E-state index is -0.681. The topological polar surface area (TPSA) is 52.3 Å². The maximum atomic E-state index is 10.8. The van der Waals surface area contributed by atoms with E-state index in [4.69, 9.17) is 17.3 Å². The highest BCUT2D eigenvalue weighted by molar-refractivity contribution is 6.29. The van der Waals surface area contributed by atoms with Gasteiger partial charge in [-0.2, -0.15) is 0 Å². The Morgan fingerprint density at radius 1 is 1.82 bits per heavy atom. The Labute approximate surface area is 71.2 Å². The van der Waals surface area contributed by atoms with Crippen LogP contribution in [0.5, 0.6) is 0 Å². The average molecular weight is 178 g/mol. The molecule has 0 saturated carbocycles. The summed E-state index contributed by atoms with van der Waals surface area (Å²) in [6.07, 6.45) is 0.264. The number of esters is 1. The first-order valence-corrected chi connectivity index (χ1v) is 3.71. The molecular weight excluding hydrogens is 166 g/mol. The van der Waals surface area contributed by atoms with Gasteiger partial charge in [-0.3, -0.25) is 4.79 Å². The van der Waals surface area contributed by atoms with Gasteiger partial charge in [0.1, 0.15) is 6.04 Å². The molecule has 0 saturated heterocycles. The van der Waals surface area contributed by atoms with Crippen molar-refractivity contribution in [2.45, 2.75) is 19.4 Å². The maximum absolute atomic E-state index is 10.8. The molecule has 2 N–H and O–H groups in total. The van der Waals surface area contributed by atoms with E-state index in [0.29, 0.717) is 11.6 Å². The van der Waals surface area contributed by atoms with Crippen LogP contribution < -0.4 is 5.73 Å². The van der Waals surface area contributed by atoms with Crippen LogP contribution in [0.1, 0.15) is 13.3 Å². The molecule has 0 aromatic heterocycles. The number of carbonyl (C=O) groups is 1. The molecule has 0 rings (SSSR count). The first-order chi connectivity index (χ1) is 5.07. The number of nitrogens with two attached hydrogens (primary N) is 1. The summed E-state index contributed by atoms with van der Waals surface area (Å²) in [6, 6.07) is -0.681. The Kier molecular flexibility index (Phi) is 4.90. The molecule has 0 radical (unpaired) electrons. The molecule has 1 atom stereocenters. The molecule has 0 fully saturated rings. The van der Waals surface area contributed by atoms with Crippen molar-refractivity contribution in [2.24, 2.45) is 5.73 Å². The second kappa shape index (κ2) is 5.16. The fraction of sp³-hybridized carbons (Fsp3) is 0.571. The van der Waals surface area contributed by atoms with Gasteiger partial charge >= 0.3 is 5.97 Å². The molecule has 11 heavy (non-hydrogen) atoms. The third-order valence-electron chi connectivity index (χ3n) is 1.03. The predicted octanol–water partition coefficient (Wildman–Crippen LogP) is 1.02. The van der Waals surface area contributed by atoms with Crippen molar-refractivity contribution in [2.75, 3.05) is 6.61 Å². The van der Waals surface area contributed by atoms with Gasteiger partial charge < -0.3 is 10.5 Å². The summed E-state index contributed by atoms with van der Waals surface area (Å²) in [4.78, 5) is 10.8. The van der Waals surface area contributed by atoms with Crippen molar-refractivity contribution in [3.8, 4) is 0 Å². The SMILES string of the molecule is C=C(Cl)CC(N)C(=O)OCC. The lowest BCUT2D eigenvalue weighted by Gasteiger charge is -2.08. The summed E-state index contributed by atoms with van der Waals surface area (Å²) in [5.41, 5.74) is 5.38. The second-order valence-electron chi connectivity index (χ2n) is 2.08. The van der Waals surface area contributed by atoms with E-state index < -0.39 is 12.0 Å². The van der Waals surface area contributed by atoms with Crippen LogP contribution in [0.25, 0.3) is 0 Å². The standard InChI is InChI=1S/C7H12ClNO2/c1-3-11-7(10)6(9)4-5(2)8/h6H,2-4,9H2,1H3. The van der Waals surface area contributed by atoms with Crippen LogP contribution in [0.15, 0.2) is 11.6 Å². The van der Waals surface area contributed by atoms with Gasteiger partial charge in [-0.05, 0) is 6.92 Å². The third kappa shape index (κ3) is 4.81. The van der Waals surface area contributed by atoms with Crippen molar-refractivity contribution in [3.05, 3.63) is 11.6 Å². The number of carbonyl (C=O) groups excluding carboxylic acids is 1. The van der Waals surface area contributed by atoms with Gasteiger partial charge in [-0.1, -0.05) is 18.2 Å². The molecule has 0 aliphatic heterocycles. The Balaban J connectivity index is 3.73. The van der Waals surface area contributed by atoms with Crippen LogP contribution in [0.2, 0.25) is 0 Å². The summed E-state index contributed by atoms with van der Waals surface area (Å²) in [6.45, 7) is 5.47. The molecule has 0 aliphatic carbocycles. The summed E-state index contributed by atoms with van der Waals surface area (Å²) in [5, 5.41) is 0.366. The Hall–Kier alpha value is -0.540. The van der Waals surface area contributed by atoms with Gasteiger partial charge in [0.2, 0.25) is 0 Å². The normalized spacial score (nSPS) is 12.3. The maximum Gasteiger partial charge on any atom is 0.323 e. The monoisotopic (exact) mass is 177 g/mol. The third-order valence-corrected chi connectivity index (χ3v) is 1.19. The van der Waals surface area contributed by atoms with Gasteiger partial charge in [-0.15, -0.1) is 0 Å². The van der Waals surface area contributed by atoms with Gasteiger partial charge in [-0.25, -0.2) is 0 Å². The van der Waals surface area contributed by atoms with E-state index in [9.17, 15) is 4.79 Å². The Morgan fingerprint density at radius 2 is 2.36 bits per heavy atom. The highest BCUT2D eigenvalue weighted by atomic mass is 35.5. The summed E-state index contributed by atoms with van der Waals surface area (Å²) in [5.74, 6) is -0.436.